The molecular formula is C19H31N5O3. The van der Waals surface area contributed by atoms with Gasteiger partial charge in [-0.25, -0.2) is 0 Å². The maximum atomic E-state index is 12.7. The van der Waals surface area contributed by atoms with E-state index in [-0.39, 0.29) is 16.9 Å². The molecule has 1 N–H and O–H groups in total. The van der Waals surface area contributed by atoms with Crippen LogP contribution in [0.2, 0.25) is 0 Å². The van der Waals surface area contributed by atoms with E-state index in [2.05, 4.69) is 27.5 Å². The number of rotatable bonds is 6. The van der Waals surface area contributed by atoms with Crippen LogP contribution >= 0.6 is 0 Å². The molecular weight excluding hydrogens is 346 g/mol. The van der Waals surface area contributed by atoms with Crippen LogP contribution in [0.25, 0.3) is 0 Å². The number of ether oxygens (including phenoxy) is 2. The first-order chi connectivity index (χ1) is 13.1. The average Bonchev–Trinajstić information content (AvgIpc) is 3.15. The molecule has 150 valence electrons. The van der Waals surface area contributed by atoms with Crippen LogP contribution in [0.1, 0.15) is 49.5 Å². The molecule has 8 heteroatoms. The summed E-state index contributed by atoms with van der Waals surface area (Å²) in [6, 6.07) is 0. The molecule has 4 rings (SSSR count). The summed E-state index contributed by atoms with van der Waals surface area (Å²) in [5.74, 6) is -0.130. The number of nitrogens with zero attached hydrogens (tertiary/aromatic N) is 4. The second kappa shape index (κ2) is 7.85. The van der Waals surface area contributed by atoms with Crippen molar-refractivity contribution < 1.29 is 14.3 Å². The summed E-state index contributed by atoms with van der Waals surface area (Å²) in [7, 11) is 0. The Morgan fingerprint density at radius 3 is 2.59 bits per heavy atom. The highest BCUT2D eigenvalue weighted by Crippen LogP contribution is 2.34. The highest BCUT2D eigenvalue weighted by molar-refractivity contribution is 5.91. The Morgan fingerprint density at radius 2 is 1.93 bits per heavy atom. The van der Waals surface area contributed by atoms with E-state index in [4.69, 9.17) is 9.47 Å². The molecule has 1 aromatic heterocycles. The zero-order valence-electron chi connectivity index (χ0n) is 16.3. The second-order valence-corrected chi connectivity index (χ2v) is 8.67. The van der Waals surface area contributed by atoms with Gasteiger partial charge in [0.2, 0.25) is 0 Å². The molecule has 27 heavy (non-hydrogen) atoms. The average molecular weight is 377 g/mol. The SMILES string of the molecule is CC1(Cn2cc(C(=O)NCC3(N4CCOCC4)CCCCC3)nn2)COC1. The molecule has 1 aromatic rings. The number of carbonyl (C=O) groups is 1. The third-order valence-corrected chi connectivity index (χ3v) is 6.26. The van der Waals surface area contributed by atoms with E-state index >= 15 is 0 Å². The first-order valence-electron chi connectivity index (χ1n) is 10.2. The summed E-state index contributed by atoms with van der Waals surface area (Å²) in [6.45, 7) is 8.49. The first-order valence-corrected chi connectivity index (χ1v) is 10.2. The highest BCUT2D eigenvalue weighted by Gasteiger charge is 2.39. The van der Waals surface area contributed by atoms with Crippen molar-refractivity contribution in [2.75, 3.05) is 46.1 Å². The molecule has 1 amide bonds. The fourth-order valence-electron chi connectivity index (χ4n) is 4.60. The standard InChI is InChI=1S/C19H31N5O3/c1-18(14-27-15-18)13-24-11-16(21-22-24)17(25)20-12-19(5-3-2-4-6-19)23-7-9-26-10-8-23/h11H,2-10,12-15H2,1H3,(H,20,25). The molecule has 3 heterocycles. The number of hydrogen-bond donors (Lipinski definition) is 1. The van der Waals surface area contributed by atoms with Crippen molar-refractivity contribution in [1.29, 1.82) is 0 Å². The Bertz CT molecular complexity index is 646. The van der Waals surface area contributed by atoms with Crippen LogP contribution in [0.4, 0.5) is 0 Å². The van der Waals surface area contributed by atoms with Gasteiger partial charge in [0, 0.05) is 30.6 Å². The summed E-state index contributed by atoms with van der Waals surface area (Å²) in [4.78, 5) is 15.2. The quantitative estimate of drug-likeness (QED) is 0.799. The molecule has 0 unspecified atom stereocenters. The van der Waals surface area contributed by atoms with Crippen molar-refractivity contribution in [2.45, 2.75) is 51.1 Å². The van der Waals surface area contributed by atoms with Gasteiger partial charge < -0.3 is 14.8 Å². The predicted molar refractivity (Wildman–Crippen MR) is 99.5 cm³/mol. The summed E-state index contributed by atoms with van der Waals surface area (Å²) in [5.41, 5.74) is 0.556. The van der Waals surface area contributed by atoms with Crippen molar-refractivity contribution in [3.8, 4) is 0 Å². The van der Waals surface area contributed by atoms with Gasteiger partial charge in [-0.3, -0.25) is 14.4 Å². The number of nitrogens with one attached hydrogen (secondary N) is 1. The Labute approximate surface area is 160 Å². The van der Waals surface area contributed by atoms with E-state index in [1.54, 1.807) is 10.9 Å². The van der Waals surface area contributed by atoms with Gasteiger partial charge in [-0.15, -0.1) is 5.10 Å². The molecule has 2 aliphatic heterocycles. The van der Waals surface area contributed by atoms with E-state index in [1.165, 1.54) is 19.3 Å². The summed E-state index contributed by atoms with van der Waals surface area (Å²) in [5, 5.41) is 11.4. The minimum absolute atomic E-state index is 0.0600. The molecule has 1 saturated carbocycles. The number of carbonyl (C=O) groups excluding carboxylic acids is 1. The van der Waals surface area contributed by atoms with Gasteiger partial charge in [0.25, 0.3) is 5.91 Å². The van der Waals surface area contributed by atoms with E-state index < -0.39 is 0 Å². The molecule has 0 atom stereocenters. The summed E-state index contributed by atoms with van der Waals surface area (Å²) >= 11 is 0. The normalized spacial score (nSPS) is 24.9. The Hall–Kier alpha value is -1.51. The number of amides is 1. The van der Waals surface area contributed by atoms with Crippen LogP contribution in [0, 0.1) is 5.41 Å². The molecule has 0 spiro atoms. The third-order valence-electron chi connectivity index (χ3n) is 6.26. The lowest BCUT2D eigenvalue weighted by Crippen LogP contribution is -2.59. The van der Waals surface area contributed by atoms with Crippen LogP contribution in [0.5, 0.6) is 0 Å². The monoisotopic (exact) mass is 377 g/mol. The van der Waals surface area contributed by atoms with Gasteiger partial charge in [0.15, 0.2) is 5.69 Å². The molecule has 2 saturated heterocycles. The fourth-order valence-corrected chi connectivity index (χ4v) is 4.60. The smallest absolute Gasteiger partial charge is 0.273 e. The van der Waals surface area contributed by atoms with Gasteiger partial charge in [-0.1, -0.05) is 31.4 Å². The fraction of sp³-hybridized carbons (Fsp3) is 0.842. The Morgan fingerprint density at radius 1 is 1.19 bits per heavy atom. The molecule has 8 nitrogen and oxygen atoms in total. The van der Waals surface area contributed by atoms with Crippen LogP contribution < -0.4 is 5.32 Å². The van der Waals surface area contributed by atoms with Crippen molar-refractivity contribution in [1.82, 2.24) is 25.2 Å². The maximum Gasteiger partial charge on any atom is 0.273 e. The van der Waals surface area contributed by atoms with Crippen molar-refractivity contribution >= 4 is 5.91 Å². The minimum Gasteiger partial charge on any atom is -0.380 e. The van der Waals surface area contributed by atoms with E-state index in [0.29, 0.717) is 12.2 Å². The largest absolute Gasteiger partial charge is 0.380 e. The van der Waals surface area contributed by atoms with Gasteiger partial charge in [0.05, 0.1) is 39.2 Å². The molecule has 0 radical (unpaired) electrons. The van der Waals surface area contributed by atoms with E-state index in [1.807, 2.05) is 0 Å². The molecule has 3 fully saturated rings. The van der Waals surface area contributed by atoms with Crippen LogP contribution in [0.15, 0.2) is 6.20 Å². The minimum atomic E-state index is -0.130. The lowest BCUT2D eigenvalue weighted by Gasteiger charge is -2.48. The molecule has 3 aliphatic rings. The molecule has 1 aliphatic carbocycles. The van der Waals surface area contributed by atoms with E-state index in [9.17, 15) is 4.79 Å². The van der Waals surface area contributed by atoms with Gasteiger partial charge >= 0.3 is 0 Å². The van der Waals surface area contributed by atoms with Crippen molar-refractivity contribution in [3.63, 3.8) is 0 Å². The summed E-state index contributed by atoms with van der Waals surface area (Å²) in [6.07, 6.45) is 7.77. The topological polar surface area (TPSA) is 81.5 Å². The third kappa shape index (κ3) is 4.17. The lowest BCUT2D eigenvalue weighted by molar-refractivity contribution is -0.111. The maximum absolute atomic E-state index is 12.7. The summed E-state index contributed by atoms with van der Waals surface area (Å²) < 4.78 is 12.6. The van der Waals surface area contributed by atoms with Crippen LogP contribution in [-0.2, 0) is 16.0 Å². The number of hydrogen-bond acceptors (Lipinski definition) is 6. The Kier molecular flexibility index (Phi) is 5.48. The molecule has 0 aromatic carbocycles. The second-order valence-electron chi connectivity index (χ2n) is 8.67. The van der Waals surface area contributed by atoms with Crippen molar-refractivity contribution in [2.24, 2.45) is 5.41 Å². The zero-order chi connectivity index (χ0) is 18.7. The molecule has 0 bridgehead atoms. The van der Waals surface area contributed by atoms with Crippen LogP contribution in [0.3, 0.4) is 0 Å². The van der Waals surface area contributed by atoms with E-state index in [0.717, 1.165) is 58.9 Å². The zero-order valence-corrected chi connectivity index (χ0v) is 16.3. The Balaban J connectivity index is 1.37. The first kappa shape index (κ1) is 18.8. The number of aromatic nitrogens is 3. The van der Waals surface area contributed by atoms with Gasteiger partial charge in [-0.2, -0.15) is 0 Å². The predicted octanol–water partition coefficient (Wildman–Crippen LogP) is 1.08. The van der Waals surface area contributed by atoms with Gasteiger partial charge in [-0.05, 0) is 12.8 Å². The number of morpholine rings is 1. The van der Waals surface area contributed by atoms with Gasteiger partial charge in [0.1, 0.15) is 0 Å². The van der Waals surface area contributed by atoms with Crippen LogP contribution in [-0.4, -0.2) is 77.4 Å². The van der Waals surface area contributed by atoms with Crippen molar-refractivity contribution in [3.05, 3.63) is 11.9 Å². The lowest BCUT2D eigenvalue weighted by atomic mass is 9.79. The highest BCUT2D eigenvalue weighted by atomic mass is 16.5.